The van der Waals surface area contributed by atoms with E-state index in [2.05, 4.69) is 17.4 Å². The van der Waals surface area contributed by atoms with Gasteiger partial charge in [-0.05, 0) is 24.8 Å². The smallest absolute Gasteiger partial charge is 0.220 e. The SMILES string of the molecule is O=C(CCCc1ccccc1)NCCCO. The molecule has 0 saturated carbocycles. The number of nitrogens with one attached hydrogen (secondary N) is 1. The van der Waals surface area contributed by atoms with Crippen LogP contribution < -0.4 is 5.32 Å². The van der Waals surface area contributed by atoms with E-state index in [1.807, 2.05) is 18.2 Å². The Balaban J connectivity index is 2.09. The molecular formula is C13H19NO2. The summed E-state index contributed by atoms with van der Waals surface area (Å²) < 4.78 is 0. The Labute approximate surface area is 96.5 Å². The maximum atomic E-state index is 11.3. The van der Waals surface area contributed by atoms with Crippen LogP contribution in [0.5, 0.6) is 0 Å². The lowest BCUT2D eigenvalue weighted by molar-refractivity contribution is -0.121. The maximum Gasteiger partial charge on any atom is 0.220 e. The third kappa shape index (κ3) is 5.51. The van der Waals surface area contributed by atoms with Gasteiger partial charge in [-0.15, -0.1) is 0 Å². The van der Waals surface area contributed by atoms with Gasteiger partial charge in [-0.25, -0.2) is 0 Å². The van der Waals surface area contributed by atoms with E-state index in [1.165, 1.54) is 5.56 Å². The number of aliphatic hydroxyl groups is 1. The topological polar surface area (TPSA) is 49.3 Å². The van der Waals surface area contributed by atoms with Crippen molar-refractivity contribution in [2.24, 2.45) is 0 Å². The van der Waals surface area contributed by atoms with E-state index < -0.39 is 0 Å². The summed E-state index contributed by atoms with van der Waals surface area (Å²) in [7, 11) is 0. The van der Waals surface area contributed by atoms with E-state index in [9.17, 15) is 4.79 Å². The fourth-order valence-corrected chi connectivity index (χ4v) is 1.49. The molecule has 1 rings (SSSR count). The quantitative estimate of drug-likeness (QED) is 0.686. The van der Waals surface area contributed by atoms with Crippen molar-refractivity contribution in [2.45, 2.75) is 25.7 Å². The molecule has 88 valence electrons. The van der Waals surface area contributed by atoms with Gasteiger partial charge in [-0.1, -0.05) is 30.3 Å². The largest absolute Gasteiger partial charge is 0.396 e. The molecule has 0 spiro atoms. The normalized spacial score (nSPS) is 10.1. The molecular weight excluding hydrogens is 202 g/mol. The number of benzene rings is 1. The molecule has 0 aliphatic rings. The van der Waals surface area contributed by atoms with Crippen molar-refractivity contribution in [1.82, 2.24) is 5.32 Å². The molecule has 2 N–H and O–H groups in total. The minimum Gasteiger partial charge on any atom is -0.396 e. The Morgan fingerprint density at radius 1 is 1.19 bits per heavy atom. The fourth-order valence-electron chi connectivity index (χ4n) is 1.49. The summed E-state index contributed by atoms with van der Waals surface area (Å²) >= 11 is 0. The lowest BCUT2D eigenvalue weighted by atomic mass is 10.1. The molecule has 1 amide bonds. The highest BCUT2D eigenvalue weighted by Crippen LogP contribution is 2.04. The average molecular weight is 221 g/mol. The zero-order valence-electron chi connectivity index (χ0n) is 9.48. The molecule has 16 heavy (non-hydrogen) atoms. The molecule has 0 fully saturated rings. The molecule has 1 aromatic rings. The third-order valence-electron chi connectivity index (χ3n) is 2.37. The van der Waals surface area contributed by atoms with Gasteiger partial charge in [0.1, 0.15) is 0 Å². The van der Waals surface area contributed by atoms with Crippen LogP contribution in [0.15, 0.2) is 30.3 Å². The Morgan fingerprint density at radius 2 is 1.94 bits per heavy atom. The summed E-state index contributed by atoms with van der Waals surface area (Å²) in [6, 6.07) is 10.2. The molecule has 0 bridgehead atoms. The lowest BCUT2D eigenvalue weighted by Crippen LogP contribution is -2.24. The van der Waals surface area contributed by atoms with Crippen LogP contribution in [-0.4, -0.2) is 24.2 Å². The van der Waals surface area contributed by atoms with E-state index in [4.69, 9.17) is 5.11 Å². The first-order valence-corrected chi connectivity index (χ1v) is 5.74. The van der Waals surface area contributed by atoms with Crippen LogP contribution >= 0.6 is 0 Å². The maximum absolute atomic E-state index is 11.3. The standard InChI is InChI=1S/C13H19NO2/c15-11-5-10-14-13(16)9-4-8-12-6-2-1-3-7-12/h1-3,6-7,15H,4-5,8-11H2,(H,14,16). The van der Waals surface area contributed by atoms with Crippen LogP contribution in [0.4, 0.5) is 0 Å². The molecule has 0 saturated heterocycles. The summed E-state index contributed by atoms with van der Waals surface area (Å²) in [5.41, 5.74) is 1.27. The van der Waals surface area contributed by atoms with E-state index >= 15 is 0 Å². The van der Waals surface area contributed by atoms with Crippen molar-refractivity contribution in [3.05, 3.63) is 35.9 Å². The van der Waals surface area contributed by atoms with Gasteiger partial charge in [0.05, 0.1) is 0 Å². The minimum atomic E-state index is 0.0735. The molecule has 0 aromatic heterocycles. The molecule has 0 atom stereocenters. The molecule has 0 unspecified atom stereocenters. The Hall–Kier alpha value is -1.35. The summed E-state index contributed by atoms with van der Waals surface area (Å²) in [6.07, 6.45) is 2.99. The number of aryl methyl sites for hydroxylation is 1. The summed E-state index contributed by atoms with van der Waals surface area (Å²) in [4.78, 5) is 11.3. The first-order chi connectivity index (χ1) is 7.83. The number of hydrogen-bond acceptors (Lipinski definition) is 2. The second kappa shape index (κ2) is 7.88. The number of carbonyl (C=O) groups excluding carboxylic acids is 1. The van der Waals surface area contributed by atoms with Gasteiger partial charge in [-0.2, -0.15) is 0 Å². The number of carbonyl (C=O) groups is 1. The highest BCUT2D eigenvalue weighted by molar-refractivity contribution is 5.75. The van der Waals surface area contributed by atoms with Gasteiger partial charge in [-0.3, -0.25) is 4.79 Å². The van der Waals surface area contributed by atoms with Crippen molar-refractivity contribution in [1.29, 1.82) is 0 Å². The summed E-state index contributed by atoms with van der Waals surface area (Å²) in [5.74, 6) is 0.0735. The van der Waals surface area contributed by atoms with E-state index in [0.29, 0.717) is 19.4 Å². The van der Waals surface area contributed by atoms with Crippen LogP contribution in [0.25, 0.3) is 0 Å². The van der Waals surface area contributed by atoms with E-state index in [-0.39, 0.29) is 12.5 Å². The van der Waals surface area contributed by atoms with E-state index in [1.54, 1.807) is 0 Å². The summed E-state index contributed by atoms with van der Waals surface area (Å²) in [6.45, 7) is 0.699. The lowest BCUT2D eigenvalue weighted by Gasteiger charge is -2.04. The Kier molecular flexibility index (Phi) is 6.26. The van der Waals surface area contributed by atoms with Crippen molar-refractivity contribution in [3.63, 3.8) is 0 Å². The van der Waals surface area contributed by atoms with Crippen molar-refractivity contribution >= 4 is 5.91 Å². The van der Waals surface area contributed by atoms with Crippen LogP contribution in [0, 0.1) is 0 Å². The first-order valence-electron chi connectivity index (χ1n) is 5.74. The molecule has 0 radical (unpaired) electrons. The highest BCUT2D eigenvalue weighted by atomic mass is 16.3. The first kappa shape index (κ1) is 12.7. The molecule has 0 aliphatic heterocycles. The number of rotatable bonds is 7. The van der Waals surface area contributed by atoms with Gasteiger partial charge in [0.25, 0.3) is 0 Å². The molecule has 1 aromatic carbocycles. The number of aliphatic hydroxyl groups excluding tert-OH is 1. The van der Waals surface area contributed by atoms with Gasteiger partial charge in [0.15, 0.2) is 0 Å². The summed E-state index contributed by atoms with van der Waals surface area (Å²) in [5, 5.41) is 11.3. The van der Waals surface area contributed by atoms with Gasteiger partial charge < -0.3 is 10.4 Å². The van der Waals surface area contributed by atoms with Crippen molar-refractivity contribution in [2.75, 3.05) is 13.2 Å². The Morgan fingerprint density at radius 3 is 2.62 bits per heavy atom. The van der Waals surface area contributed by atoms with E-state index in [0.717, 1.165) is 12.8 Å². The van der Waals surface area contributed by atoms with Crippen molar-refractivity contribution < 1.29 is 9.90 Å². The predicted molar refractivity (Wildman–Crippen MR) is 64.1 cm³/mol. The molecule has 3 nitrogen and oxygen atoms in total. The zero-order valence-corrected chi connectivity index (χ0v) is 9.48. The van der Waals surface area contributed by atoms with Crippen LogP contribution in [0.2, 0.25) is 0 Å². The van der Waals surface area contributed by atoms with Gasteiger partial charge in [0, 0.05) is 19.6 Å². The van der Waals surface area contributed by atoms with Gasteiger partial charge >= 0.3 is 0 Å². The Bertz CT molecular complexity index is 298. The van der Waals surface area contributed by atoms with Crippen LogP contribution in [0.1, 0.15) is 24.8 Å². The molecule has 0 aliphatic carbocycles. The second-order valence-electron chi connectivity index (χ2n) is 3.77. The molecule has 3 heteroatoms. The average Bonchev–Trinajstić information content (AvgIpc) is 2.31. The third-order valence-corrected chi connectivity index (χ3v) is 2.37. The van der Waals surface area contributed by atoms with Gasteiger partial charge in [0.2, 0.25) is 5.91 Å². The molecule has 0 heterocycles. The van der Waals surface area contributed by atoms with Crippen LogP contribution in [-0.2, 0) is 11.2 Å². The minimum absolute atomic E-state index is 0.0735. The number of amides is 1. The van der Waals surface area contributed by atoms with Crippen molar-refractivity contribution in [3.8, 4) is 0 Å². The van der Waals surface area contributed by atoms with Crippen LogP contribution in [0.3, 0.4) is 0 Å². The number of hydrogen-bond donors (Lipinski definition) is 2. The predicted octanol–water partition coefficient (Wildman–Crippen LogP) is 1.51. The monoisotopic (exact) mass is 221 g/mol. The fraction of sp³-hybridized carbons (Fsp3) is 0.462. The zero-order chi connectivity index (χ0) is 11.6. The second-order valence-corrected chi connectivity index (χ2v) is 3.77. The highest BCUT2D eigenvalue weighted by Gasteiger charge is 2.00.